The standard InChI is InChI=1S/C17H27N5O/c1-11(23-2)17-21-14-15(22(17)10-6-5-9-18)12-7-3-4-8-13(12)20-16(14)19/h11H,3-10,18H2,1-2H3,(H2,19,20). The maximum Gasteiger partial charge on any atom is 0.151 e. The quantitative estimate of drug-likeness (QED) is 0.798. The topological polar surface area (TPSA) is 92.0 Å². The van der Waals surface area contributed by atoms with Gasteiger partial charge in [0.05, 0.1) is 5.52 Å². The van der Waals surface area contributed by atoms with Crippen molar-refractivity contribution in [3.63, 3.8) is 0 Å². The van der Waals surface area contributed by atoms with E-state index in [1.54, 1.807) is 7.11 Å². The molecule has 0 spiro atoms. The van der Waals surface area contributed by atoms with Crippen molar-refractivity contribution < 1.29 is 4.74 Å². The van der Waals surface area contributed by atoms with Crippen LogP contribution in [0.5, 0.6) is 0 Å². The van der Waals surface area contributed by atoms with E-state index in [2.05, 4.69) is 9.55 Å². The summed E-state index contributed by atoms with van der Waals surface area (Å²) < 4.78 is 7.82. The van der Waals surface area contributed by atoms with Gasteiger partial charge in [0, 0.05) is 19.3 Å². The molecular formula is C17H27N5O. The summed E-state index contributed by atoms with van der Waals surface area (Å²) in [6, 6.07) is 0. The van der Waals surface area contributed by atoms with Crippen molar-refractivity contribution in [2.45, 2.75) is 58.1 Å². The first-order chi connectivity index (χ1) is 11.2. The van der Waals surface area contributed by atoms with Crippen LogP contribution in [-0.4, -0.2) is 28.2 Å². The fourth-order valence-corrected chi connectivity index (χ4v) is 3.48. The fraction of sp³-hybridized carbons (Fsp3) is 0.647. The van der Waals surface area contributed by atoms with Gasteiger partial charge in [0.25, 0.3) is 0 Å². The number of anilines is 1. The number of fused-ring (bicyclic) bond motifs is 3. The SMILES string of the molecule is COC(C)c1nc2c(N)nc3c(c2n1CCCCN)CCCC3. The van der Waals surface area contributed by atoms with E-state index in [-0.39, 0.29) is 6.10 Å². The summed E-state index contributed by atoms with van der Waals surface area (Å²) in [6.07, 6.45) is 6.43. The Morgan fingerprint density at radius 1 is 1.22 bits per heavy atom. The van der Waals surface area contributed by atoms with Crippen LogP contribution in [0.2, 0.25) is 0 Å². The Morgan fingerprint density at radius 3 is 2.74 bits per heavy atom. The Kier molecular flexibility index (Phi) is 4.82. The maximum absolute atomic E-state index is 6.21. The molecule has 1 atom stereocenters. The molecule has 4 N–H and O–H groups in total. The summed E-state index contributed by atoms with van der Waals surface area (Å²) in [6.45, 7) is 3.63. The number of hydrogen-bond donors (Lipinski definition) is 2. The number of methoxy groups -OCH3 is 1. The number of nitrogens with two attached hydrogens (primary N) is 2. The molecule has 2 heterocycles. The van der Waals surface area contributed by atoms with Crippen LogP contribution in [0.3, 0.4) is 0 Å². The zero-order valence-corrected chi connectivity index (χ0v) is 14.1. The van der Waals surface area contributed by atoms with E-state index in [1.165, 1.54) is 23.9 Å². The lowest BCUT2D eigenvalue weighted by Crippen LogP contribution is -2.13. The van der Waals surface area contributed by atoms with Crippen LogP contribution in [0.4, 0.5) is 5.82 Å². The summed E-state index contributed by atoms with van der Waals surface area (Å²) in [5, 5.41) is 0. The summed E-state index contributed by atoms with van der Waals surface area (Å²) in [5.74, 6) is 1.48. The largest absolute Gasteiger partial charge is 0.382 e. The highest BCUT2D eigenvalue weighted by atomic mass is 16.5. The minimum absolute atomic E-state index is 0.0704. The Hall–Kier alpha value is -1.66. The van der Waals surface area contributed by atoms with Crippen molar-refractivity contribution in [3.8, 4) is 0 Å². The minimum atomic E-state index is -0.0704. The van der Waals surface area contributed by atoms with Crippen molar-refractivity contribution in [2.75, 3.05) is 19.4 Å². The number of nitrogens with zero attached hydrogens (tertiary/aromatic N) is 3. The van der Waals surface area contributed by atoms with Gasteiger partial charge in [-0.2, -0.15) is 0 Å². The molecule has 0 amide bonds. The first-order valence-corrected chi connectivity index (χ1v) is 8.57. The molecule has 6 nitrogen and oxygen atoms in total. The first kappa shape index (κ1) is 16.2. The summed E-state index contributed by atoms with van der Waals surface area (Å²) in [7, 11) is 1.71. The lowest BCUT2D eigenvalue weighted by atomic mass is 9.95. The molecule has 1 aliphatic rings. The monoisotopic (exact) mass is 317 g/mol. The van der Waals surface area contributed by atoms with E-state index in [0.29, 0.717) is 12.4 Å². The van der Waals surface area contributed by atoms with Crippen LogP contribution in [0.15, 0.2) is 0 Å². The van der Waals surface area contributed by atoms with Crippen LogP contribution in [0, 0.1) is 0 Å². The highest BCUT2D eigenvalue weighted by Crippen LogP contribution is 2.33. The molecule has 0 saturated heterocycles. The number of hydrogen-bond acceptors (Lipinski definition) is 5. The van der Waals surface area contributed by atoms with Crippen molar-refractivity contribution in [1.29, 1.82) is 0 Å². The van der Waals surface area contributed by atoms with Gasteiger partial charge in [-0.1, -0.05) is 0 Å². The number of pyridine rings is 1. The van der Waals surface area contributed by atoms with Gasteiger partial charge in [0.15, 0.2) is 5.82 Å². The van der Waals surface area contributed by atoms with Gasteiger partial charge in [0.2, 0.25) is 0 Å². The molecule has 23 heavy (non-hydrogen) atoms. The summed E-state index contributed by atoms with van der Waals surface area (Å²) in [4.78, 5) is 9.41. The van der Waals surface area contributed by atoms with Crippen molar-refractivity contribution >= 4 is 16.9 Å². The molecule has 2 aromatic heterocycles. The van der Waals surface area contributed by atoms with Gasteiger partial charge in [-0.3, -0.25) is 0 Å². The van der Waals surface area contributed by atoms with E-state index in [1.807, 2.05) is 6.92 Å². The van der Waals surface area contributed by atoms with E-state index < -0.39 is 0 Å². The van der Waals surface area contributed by atoms with E-state index in [0.717, 1.165) is 49.3 Å². The van der Waals surface area contributed by atoms with Crippen LogP contribution in [-0.2, 0) is 24.1 Å². The third-order valence-corrected chi connectivity index (χ3v) is 4.77. The third-order valence-electron chi connectivity index (χ3n) is 4.77. The van der Waals surface area contributed by atoms with Crippen molar-refractivity contribution in [2.24, 2.45) is 5.73 Å². The molecule has 2 aromatic rings. The molecule has 0 radical (unpaired) electrons. The number of imidazole rings is 1. The molecule has 0 saturated carbocycles. The number of unbranched alkanes of at least 4 members (excludes halogenated alkanes) is 1. The fourth-order valence-electron chi connectivity index (χ4n) is 3.48. The van der Waals surface area contributed by atoms with Crippen LogP contribution in [0.25, 0.3) is 11.0 Å². The number of rotatable bonds is 6. The lowest BCUT2D eigenvalue weighted by Gasteiger charge is -2.19. The van der Waals surface area contributed by atoms with E-state index >= 15 is 0 Å². The Bertz CT molecular complexity index is 694. The predicted molar refractivity (Wildman–Crippen MR) is 92.3 cm³/mol. The first-order valence-electron chi connectivity index (χ1n) is 8.57. The zero-order valence-electron chi connectivity index (χ0n) is 14.1. The lowest BCUT2D eigenvalue weighted by molar-refractivity contribution is 0.109. The molecule has 6 heteroatoms. The Balaban J connectivity index is 2.18. The second-order valence-corrected chi connectivity index (χ2v) is 6.32. The van der Waals surface area contributed by atoms with Crippen LogP contribution in [0.1, 0.15) is 55.8 Å². The summed E-state index contributed by atoms with van der Waals surface area (Å²) in [5.41, 5.74) is 16.4. The van der Waals surface area contributed by atoms with Crippen LogP contribution >= 0.6 is 0 Å². The zero-order chi connectivity index (χ0) is 16.4. The number of nitrogen functional groups attached to an aromatic ring is 1. The molecule has 0 aromatic carbocycles. The molecule has 0 fully saturated rings. The Morgan fingerprint density at radius 2 is 2.00 bits per heavy atom. The Labute approximate surface area is 137 Å². The molecule has 3 rings (SSSR count). The van der Waals surface area contributed by atoms with Gasteiger partial charge in [0.1, 0.15) is 17.4 Å². The molecule has 1 aliphatic carbocycles. The number of aryl methyl sites for hydroxylation is 3. The summed E-state index contributed by atoms with van der Waals surface area (Å²) >= 11 is 0. The average Bonchev–Trinajstić information content (AvgIpc) is 2.95. The van der Waals surface area contributed by atoms with E-state index in [9.17, 15) is 0 Å². The van der Waals surface area contributed by atoms with Gasteiger partial charge in [-0.15, -0.1) is 0 Å². The molecular weight excluding hydrogens is 290 g/mol. The number of aromatic nitrogens is 3. The van der Waals surface area contributed by atoms with Crippen molar-refractivity contribution in [1.82, 2.24) is 14.5 Å². The van der Waals surface area contributed by atoms with Crippen molar-refractivity contribution in [3.05, 3.63) is 17.1 Å². The average molecular weight is 317 g/mol. The highest BCUT2D eigenvalue weighted by molar-refractivity contribution is 5.89. The van der Waals surface area contributed by atoms with Gasteiger partial charge >= 0.3 is 0 Å². The smallest absolute Gasteiger partial charge is 0.151 e. The molecule has 126 valence electrons. The van der Waals surface area contributed by atoms with Gasteiger partial charge < -0.3 is 20.8 Å². The van der Waals surface area contributed by atoms with Crippen LogP contribution < -0.4 is 11.5 Å². The van der Waals surface area contributed by atoms with Gasteiger partial charge in [-0.05, 0) is 57.6 Å². The maximum atomic E-state index is 6.21. The highest BCUT2D eigenvalue weighted by Gasteiger charge is 2.24. The number of ether oxygens (including phenoxy) is 1. The molecule has 1 unspecified atom stereocenters. The van der Waals surface area contributed by atoms with Gasteiger partial charge in [-0.25, -0.2) is 9.97 Å². The molecule has 0 bridgehead atoms. The second kappa shape index (κ2) is 6.84. The predicted octanol–water partition coefficient (Wildman–Crippen LogP) is 2.34. The third kappa shape index (κ3) is 2.93. The second-order valence-electron chi connectivity index (χ2n) is 6.32. The molecule has 0 aliphatic heterocycles. The van der Waals surface area contributed by atoms with E-state index in [4.69, 9.17) is 21.2 Å². The normalized spacial score (nSPS) is 15.8. The minimum Gasteiger partial charge on any atom is -0.382 e.